The van der Waals surface area contributed by atoms with Crippen molar-refractivity contribution in [3.63, 3.8) is 0 Å². The second-order valence-electron chi connectivity index (χ2n) is 6.08. The Bertz CT molecular complexity index is 520. The van der Waals surface area contributed by atoms with Gasteiger partial charge in [0.15, 0.2) is 0 Å². The lowest BCUT2D eigenvalue weighted by Crippen LogP contribution is -2.29. The number of nitriles is 1. The molecule has 0 aromatic heterocycles. The Labute approximate surface area is 129 Å². The summed E-state index contributed by atoms with van der Waals surface area (Å²) in [5.41, 5.74) is 2.65. The second kappa shape index (κ2) is 6.60. The van der Waals surface area contributed by atoms with E-state index in [9.17, 15) is 0 Å². The van der Waals surface area contributed by atoms with Crippen molar-refractivity contribution >= 4 is 15.9 Å². The fourth-order valence-electron chi connectivity index (χ4n) is 2.50. The molecule has 1 N–H and O–H groups in total. The quantitative estimate of drug-likeness (QED) is 0.859. The summed E-state index contributed by atoms with van der Waals surface area (Å²) in [7, 11) is 0. The number of hydrogen-bond donors (Lipinski definition) is 1. The van der Waals surface area contributed by atoms with Crippen LogP contribution in [-0.4, -0.2) is 13.2 Å². The Kier molecular flexibility index (Phi) is 5.06. The van der Waals surface area contributed by atoms with Crippen LogP contribution in [-0.2, 0) is 13.0 Å². The summed E-state index contributed by atoms with van der Waals surface area (Å²) < 4.78 is 6.84. The van der Waals surface area contributed by atoms with Gasteiger partial charge in [-0.25, -0.2) is 0 Å². The van der Waals surface area contributed by atoms with E-state index in [1.54, 1.807) is 0 Å². The number of halogens is 1. The van der Waals surface area contributed by atoms with Crippen LogP contribution in [0.1, 0.15) is 37.8 Å². The van der Waals surface area contributed by atoms with Gasteiger partial charge in [0.1, 0.15) is 5.75 Å². The first-order valence-corrected chi connectivity index (χ1v) is 7.83. The zero-order valence-electron chi connectivity index (χ0n) is 12.1. The predicted molar refractivity (Wildman–Crippen MR) is 83.7 cm³/mol. The maximum atomic E-state index is 8.68. The molecule has 1 aliphatic heterocycles. The Morgan fingerprint density at radius 2 is 2.25 bits per heavy atom. The van der Waals surface area contributed by atoms with Gasteiger partial charge in [0.2, 0.25) is 0 Å². The van der Waals surface area contributed by atoms with Crippen molar-refractivity contribution in [2.45, 2.75) is 39.7 Å². The lowest BCUT2D eigenvalue weighted by molar-refractivity contribution is 0.314. The van der Waals surface area contributed by atoms with E-state index in [0.717, 1.165) is 42.8 Å². The van der Waals surface area contributed by atoms with Gasteiger partial charge >= 0.3 is 0 Å². The van der Waals surface area contributed by atoms with Gasteiger partial charge in [0.05, 0.1) is 12.7 Å². The molecule has 1 aliphatic rings. The van der Waals surface area contributed by atoms with E-state index in [1.807, 2.05) is 0 Å². The largest absolute Gasteiger partial charge is 0.493 e. The summed E-state index contributed by atoms with van der Waals surface area (Å²) in [4.78, 5) is 0. The fraction of sp³-hybridized carbons (Fsp3) is 0.562. The second-order valence-corrected chi connectivity index (χ2v) is 6.99. The third-order valence-electron chi connectivity index (χ3n) is 3.66. The highest BCUT2D eigenvalue weighted by Crippen LogP contribution is 2.33. The van der Waals surface area contributed by atoms with Gasteiger partial charge in [-0.2, -0.15) is 5.26 Å². The molecule has 4 heteroatoms. The third-order valence-corrected chi connectivity index (χ3v) is 4.12. The normalized spacial score (nSPS) is 13.7. The first kappa shape index (κ1) is 15.3. The van der Waals surface area contributed by atoms with E-state index in [1.165, 1.54) is 11.1 Å². The molecule has 3 nitrogen and oxygen atoms in total. The highest BCUT2D eigenvalue weighted by molar-refractivity contribution is 9.10. The number of hydrogen-bond acceptors (Lipinski definition) is 3. The molecule has 0 bridgehead atoms. The van der Waals surface area contributed by atoms with Crippen LogP contribution in [0, 0.1) is 16.7 Å². The van der Waals surface area contributed by atoms with Crippen molar-refractivity contribution in [1.82, 2.24) is 5.32 Å². The SMILES string of the molecule is CC(C)(CCC#N)CNCc1cc(Br)cc2c1OCC2. The molecular formula is C16H21BrN2O. The van der Waals surface area contributed by atoms with Gasteiger partial charge in [-0.05, 0) is 29.5 Å². The lowest BCUT2D eigenvalue weighted by atomic mass is 9.88. The average molecular weight is 337 g/mol. The van der Waals surface area contributed by atoms with Gasteiger partial charge < -0.3 is 10.1 Å². The Morgan fingerprint density at radius 3 is 3.00 bits per heavy atom. The van der Waals surface area contributed by atoms with Crippen LogP contribution in [0.15, 0.2) is 16.6 Å². The number of rotatable bonds is 6. The third kappa shape index (κ3) is 3.97. The molecule has 20 heavy (non-hydrogen) atoms. The molecule has 0 saturated heterocycles. The van der Waals surface area contributed by atoms with Crippen LogP contribution < -0.4 is 10.1 Å². The Morgan fingerprint density at radius 1 is 1.45 bits per heavy atom. The number of benzene rings is 1. The van der Waals surface area contributed by atoms with Gasteiger partial charge in [0, 0.05) is 36.0 Å². The van der Waals surface area contributed by atoms with Crippen LogP contribution in [0.2, 0.25) is 0 Å². The van der Waals surface area contributed by atoms with Crippen molar-refractivity contribution in [2.75, 3.05) is 13.2 Å². The van der Waals surface area contributed by atoms with Crippen molar-refractivity contribution in [2.24, 2.45) is 5.41 Å². The summed E-state index contributed by atoms with van der Waals surface area (Å²) in [6, 6.07) is 6.49. The van der Waals surface area contributed by atoms with Crippen LogP contribution in [0.25, 0.3) is 0 Å². The summed E-state index contributed by atoms with van der Waals surface area (Å²) >= 11 is 3.56. The van der Waals surface area contributed by atoms with E-state index >= 15 is 0 Å². The van der Waals surface area contributed by atoms with E-state index in [-0.39, 0.29) is 5.41 Å². The van der Waals surface area contributed by atoms with Crippen molar-refractivity contribution < 1.29 is 4.74 Å². The fourth-order valence-corrected chi connectivity index (χ4v) is 3.05. The monoisotopic (exact) mass is 336 g/mol. The van der Waals surface area contributed by atoms with Gasteiger partial charge in [-0.1, -0.05) is 29.8 Å². The number of fused-ring (bicyclic) bond motifs is 1. The molecule has 0 aliphatic carbocycles. The molecule has 0 saturated carbocycles. The molecule has 0 unspecified atom stereocenters. The maximum absolute atomic E-state index is 8.68. The molecule has 0 spiro atoms. The van der Waals surface area contributed by atoms with Gasteiger partial charge in [-0.15, -0.1) is 0 Å². The van der Waals surface area contributed by atoms with Crippen molar-refractivity contribution in [3.05, 3.63) is 27.7 Å². The lowest BCUT2D eigenvalue weighted by Gasteiger charge is -2.24. The molecule has 1 aromatic carbocycles. The summed E-state index contributed by atoms with van der Waals surface area (Å²) in [6.45, 7) is 6.87. The predicted octanol–water partition coefficient (Wildman–Crippen LogP) is 3.80. The van der Waals surface area contributed by atoms with Crippen molar-refractivity contribution in [1.29, 1.82) is 5.26 Å². The van der Waals surface area contributed by atoms with Crippen LogP contribution in [0.3, 0.4) is 0 Å². The highest BCUT2D eigenvalue weighted by Gasteiger charge is 2.19. The first-order valence-electron chi connectivity index (χ1n) is 7.03. The van der Waals surface area contributed by atoms with Gasteiger partial charge in [0.25, 0.3) is 0 Å². The standard InChI is InChI=1S/C16H21BrN2O/c1-16(2,5-3-6-18)11-19-10-13-9-14(17)8-12-4-7-20-15(12)13/h8-9,19H,3-5,7,10-11H2,1-2H3. The summed E-state index contributed by atoms with van der Waals surface area (Å²) in [5.74, 6) is 1.05. The minimum absolute atomic E-state index is 0.145. The molecule has 0 radical (unpaired) electrons. The summed E-state index contributed by atoms with van der Waals surface area (Å²) in [6.07, 6.45) is 2.53. The minimum atomic E-state index is 0.145. The topological polar surface area (TPSA) is 45.0 Å². The average Bonchev–Trinajstić information content (AvgIpc) is 2.84. The number of nitrogens with one attached hydrogen (secondary N) is 1. The molecule has 108 valence electrons. The highest BCUT2D eigenvalue weighted by atomic mass is 79.9. The Balaban J connectivity index is 1.94. The van der Waals surface area contributed by atoms with Crippen LogP contribution in [0.4, 0.5) is 0 Å². The minimum Gasteiger partial charge on any atom is -0.493 e. The summed E-state index contributed by atoms with van der Waals surface area (Å²) in [5, 5.41) is 12.2. The smallest absolute Gasteiger partial charge is 0.127 e. The molecule has 0 amide bonds. The molecule has 1 heterocycles. The number of nitrogens with zero attached hydrogens (tertiary/aromatic N) is 1. The van der Waals surface area contributed by atoms with Crippen LogP contribution >= 0.6 is 15.9 Å². The van der Waals surface area contributed by atoms with E-state index in [2.05, 4.69) is 53.3 Å². The first-order chi connectivity index (χ1) is 9.52. The maximum Gasteiger partial charge on any atom is 0.127 e. The zero-order chi connectivity index (χ0) is 14.6. The van der Waals surface area contributed by atoms with Crippen molar-refractivity contribution in [3.8, 4) is 11.8 Å². The van der Waals surface area contributed by atoms with Crippen LogP contribution in [0.5, 0.6) is 5.75 Å². The zero-order valence-corrected chi connectivity index (χ0v) is 13.7. The number of ether oxygens (including phenoxy) is 1. The molecule has 0 fully saturated rings. The molecular weight excluding hydrogens is 316 g/mol. The Hall–Kier alpha value is -1.05. The van der Waals surface area contributed by atoms with E-state index in [4.69, 9.17) is 10.00 Å². The van der Waals surface area contributed by atoms with E-state index in [0.29, 0.717) is 6.42 Å². The van der Waals surface area contributed by atoms with E-state index < -0.39 is 0 Å². The van der Waals surface area contributed by atoms with Gasteiger partial charge in [-0.3, -0.25) is 0 Å². The molecule has 2 rings (SSSR count). The molecule has 1 aromatic rings. The molecule has 0 atom stereocenters.